The third kappa shape index (κ3) is 10.6. The summed E-state index contributed by atoms with van der Waals surface area (Å²) in [6.07, 6.45) is 3.24. The molecule has 0 bridgehead atoms. The predicted molar refractivity (Wildman–Crippen MR) is 126 cm³/mol. The number of rotatable bonds is 10. The van der Waals surface area contributed by atoms with Gasteiger partial charge < -0.3 is 25.0 Å². The van der Waals surface area contributed by atoms with Crippen LogP contribution in [0.4, 0.5) is 0 Å². The van der Waals surface area contributed by atoms with Gasteiger partial charge in [-0.2, -0.15) is 0 Å². The van der Waals surface area contributed by atoms with Gasteiger partial charge in [0, 0.05) is 53.1 Å². The fraction of sp³-hybridized carbons (Fsp3) is 0.667. The van der Waals surface area contributed by atoms with Gasteiger partial charge in [-0.05, 0) is 50.4 Å². The van der Waals surface area contributed by atoms with E-state index in [1.54, 1.807) is 7.05 Å². The average Bonchev–Trinajstić information content (AvgIpc) is 2.68. The third-order valence-corrected chi connectivity index (χ3v) is 4.66. The smallest absolute Gasteiger partial charge is 0.191 e. The Bertz CT molecular complexity index is 546. The number of ether oxygens (including phenoxy) is 2. The number of guanidine groups is 1. The Morgan fingerprint density at radius 1 is 1.14 bits per heavy atom. The van der Waals surface area contributed by atoms with Crippen molar-refractivity contribution in [3.8, 4) is 0 Å². The van der Waals surface area contributed by atoms with Gasteiger partial charge in [-0.25, -0.2) is 0 Å². The largest absolute Gasteiger partial charge is 0.381 e. The molecule has 0 aromatic heterocycles. The van der Waals surface area contributed by atoms with Gasteiger partial charge in [0.25, 0.3) is 0 Å². The number of nitrogens with one attached hydrogen (secondary N) is 2. The minimum absolute atomic E-state index is 0. The van der Waals surface area contributed by atoms with Crippen molar-refractivity contribution in [3.05, 3.63) is 35.4 Å². The molecule has 0 amide bonds. The van der Waals surface area contributed by atoms with E-state index in [0.29, 0.717) is 5.92 Å². The molecule has 0 aliphatic carbocycles. The predicted octanol–water partition coefficient (Wildman–Crippen LogP) is 2.86. The number of aliphatic imine (C=N–C) groups is 1. The van der Waals surface area contributed by atoms with Crippen LogP contribution in [-0.2, 0) is 22.6 Å². The summed E-state index contributed by atoms with van der Waals surface area (Å²) in [7, 11) is 5.97. The van der Waals surface area contributed by atoms with Gasteiger partial charge in [0.2, 0.25) is 0 Å². The Morgan fingerprint density at radius 2 is 1.82 bits per heavy atom. The molecule has 0 saturated carbocycles. The van der Waals surface area contributed by atoms with Gasteiger partial charge in [-0.1, -0.05) is 24.3 Å². The van der Waals surface area contributed by atoms with Crippen molar-refractivity contribution < 1.29 is 9.47 Å². The van der Waals surface area contributed by atoms with Crippen LogP contribution >= 0.6 is 24.0 Å². The highest BCUT2D eigenvalue weighted by molar-refractivity contribution is 14.0. The van der Waals surface area contributed by atoms with E-state index in [4.69, 9.17) is 9.47 Å². The van der Waals surface area contributed by atoms with Crippen molar-refractivity contribution in [2.75, 3.05) is 54.1 Å². The molecule has 1 aliphatic heterocycles. The Morgan fingerprint density at radius 3 is 2.46 bits per heavy atom. The van der Waals surface area contributed by atoms with E-state index in [-0.39, 0.29) is 24.0 Å². The first-order valence-electron chi connectivity index (χ1n) is 10.00. The summed E-state index contributed by atoms with van der Waals surface area (Å²) in [6, 6.07) is 8.71. The zero-order valence-electron chi connectivity index (χ0n) is 17.6. The molecule has 2 N–H and O–H groups in total. The second kappa shape index (κ2) is 15.0. The van der Waals surface area contributed by atoms with Crippen LogP contribution < -0.4 is 10.6 Å². The second-order valence-corrected chi connectivity index (χ2v) is 7.39. The maximum absolute atomic E-state index is 5.80. The molecule has 1 aliphatic rings. The molecule has 160 valence electrons. The van der Waals surface area contributed by atoms with E-state index in [2.05, 4.69) is 58.9 Å². The van der Waals surface area contributed by atoms with E-state index in [0.717, 1.165) is 71.3 Å². The first kappa shape index (κ1) is 25.1. The lowest BCUT2D eigenvalue weighted by Crippen LogP contribution is -2.37. The van der Waals surface area contributed by atoms with E-state index >= 15 is 0 Å². The van der Waals surface area contributed by atoms with Crippen LogP contribution in [0.25, 0.3) is 0 Å². The summed E-state index contributed by atoms with van der Waals surface area (Å²) < 4.78 is 11.2. The molecule has 7 heteroatoms. The number of hydrogen-bond acceptors (Lipinski definition) is 4. The molecule has 28 heavy (non-hydrogen) atoms. The molecule has 0 unspecified atom stereocenters. The van der Waals surface area contributed by atoms with Gasteiger partial charge in [0.1, 0.15) is 0 Å². The van der Waals surface area contributed by atoms with Crippen molar-refractivity contribution in [1.82, 2.24) is 15.5 Å². The first-order chi connectivity index (χ1) is 13.2. The van der Waals surface area contributed by atoms with E-state index in [1.165, 1.54) is 11.1 Å². The topological polar surface area (TPSA) is 58.1 Å². The highest BCUT2D eigenvalue weighted by Gasteiger charge is 2.13. The van der Waals surface area contributed by atoms with Crippen molar-refractivity contribution in [3.63, 3.8) is 0 Å². The summed E-state index contributed by atoms with van der Waals surface area (Å²) in [5, 5.41) is 6.71. The number of hydrogen-bond donors (Lipinski definition) is 2. The van der Waals surface area contributed by atoms with Crippen molar-refractivity contribution in [2.24, 2.45) is 10.9 Å². The monoisotopic (exact) mass is 504 g/mol. The second-order valence-electron chi connectivity index (χ2n) is 7.39. The van der Waals surface area contributed by atoms with Gasteiger partial charge >= 0.3 is 0 Å². The third-order valence-electron chi connectivity index (χ3n) is 4.66. The van der Waals surface area contributed by atoms with Crippen molar-refractivity contribution >= 4 is 29.9 Å². The molecular weight excluding hydrogens is 467 g/mol. The fourth-order valence-electron chi connectivity index (χ4n) is 3.08. The van der Waals surface area contributed by atoms with Crippen LogP contribution in [0, 0.1) is 5.92 Å². The average molecular weight is 504 g/mol. The highest BCUT2D eigenvalue weighted by atomic mass is 127. The molecular formula is C21H37IN4O2. The minimum atomic E-state index is 0. The molecule has 0 atom stereocenters. The Hall–Kier alpha value is -0.900. The summed E-state index contributed by atoms with van der Waals surface area (Å²) in [4.78, 5) is 6.46. The van der Waals surface area contributed by atoms with Crippen LogP contribution in [0.2, 0.25) is 0 Å². The molecule has 1 heterocycles. The number of halogens is 1. The zero-order valence-corrected chi connectivity index (χ0v) is 19.9. The van der Waals surface area contributed by atoms with Crippen molar-refractivity contribution in [1.29, 1.82) is 0 Å². The van der Waals surface area contributed by atoms with Crippen LogP contribution in [-0.4, -0.2) is 65.0 Å². The Kier molecular flexibility index (Phi) is 13.5. The first-order valence-corrected chi connectivity index (χ1v) is 10.00. The molecule has 0 radical (unpaired) electrons. The van der Waals surface area contributed by atoms with E-state index in [1.807, 2.05) is 0 Å². The maximum Gasteiger partial charge on any atom is 0.191 e. The molecule has 1 fully saturated rings. The van der Waals surface area contributed by atoms with E-state index < -0.39 is 0 Å². The van der Waals surface area contributed by atoms with Crippen LogP contribution in [0.15, 0.2) is 29.3 Å². The summed E-state index contributed by atoms with van der Waals surface area (Å²) in [5.41, 5.74) is 2.58. The van der Waals surface area contributed by atoms with Gasteiger partial charge in [-0.15, -0.1) is 24.0 Å². The number of nitrogens with zero attached hydrogens (tertiary/aromatic N) is 2. The minimum Gasteiger partial charge on any atom is -0.381 e. The summed E-state index contributed by atoms with van der Waals surface area (Å²) in [6.45, 7) is 6.01. The molecule has 6 nitrogen and oxygen atoms in total. The lowest BCUT2D eigenvalue weighted by atomic mass is 10.0. The van der Waals surface area contributed by atoms with Crippen LogP contribution in [0.5, 0.6) is 0 Å². The van der Waals surface area contributed by atoms with Gasteiger partial charge in [0.15, 0.2) is 5.96 Å². The summed E-state index contributed by atoms with van der Waals surface area (Å²) >= 11 is 0. The lowest BCUT2D eigenvalue weighted by Gasteiger charge is -2.21. The van der Waals surface area contributed by atoms with Crippen LogP contribution in [0.1, 0.15) is 30.4 Å². The SMILES string of the molecule is CN=C(NCCCOCC1CCOCC1)NCc1ccc(CN(C)C)cc1.I. The number of benzene rings is 1. The highest BCUT2D eigenvalue weighted by Crippen LogP contribution is 2.14. The van der Waals surface area contributed by atoms with Crippen molar-refractivity contribution in [2.45, 2.75) is 32.4 Å². The van der Waals surface area contributed by atoms with Gasteiger partial charge in [0.05, 0.1) is 0 Å². The quantitative estimate of drug-likeness (QED) is 0.222. The standard InChI is InChI=1S/C21H36N4O2.HI/c1-22-21(23-11-4-12-27-17-20-9-13-26-14-10-20)24-15-18-5-7-19(8-6-18)16-25(2)3;/h5-8,20H,4,9-17H2,1-3H3,(H2,22,23,24);1H. The molecule has 1 saturated heterocycles. The lowest BCUT2D eigenvalue weighted by molar-refractivity contribution is 0.0203. The van der Waals surface area contributed by atoms with Gasteiger partial charge in [-0.3, -0.25) is 4.99 Å². The molecule has 0 spiro atoms. The molecule has 1 aromatic rings. The normalized spacial score (nSPS) is 15.4. The Labute approximate surface area is 187 Å². The maximum atomic E-state index is 5.80. The Balaban J connectivity index is 0.00000392. The van der Waals surface area contributed by atoms with E-state index in [9.17, 15) is 0 Å². The molecule has 2 rings (SSSR count). The fourth-order valence-corrected chi connectivity index (χ4v) is 3.08. The molecule has 1 aromatic carbocycles. The summed E-state index contributed by atoms with van der Waals surface area (Å²) in [5.74, 6) is 1.50. The van der Waals surface area contributed by atoms with Crippen LogP contribution in [0.3, 0.4) is 0 Å². The zero-order chi connectivity index (χ0) is 19.3.